The average Bonchev–Trinajstić information content (AvgIpc) is 2.38. The van der Waals surface area contributed by atoms with Crippen molar-refractivity contribution in [1.82, 2.24) is 4.72 Å². The largest absolute Gasteiger partial charge is 0.386 e. The van der Waals surface area contributed by atoms with Crippen molar-refractivity contribution < 1.29 is 27.2 Å². The standard InChI is InChI=1S/C10H11ClF2N2O5S/c1-5-7(11)2-6(3-8(5)15(17)18)21(19,20)14-4-9(16)10(12)13/h2-3,9-10,14,16H,4H2,1H3. The van der Waals surface area contributed by atoms with Gasteiger partial charge in [0.2, 0.25) is 10.0 Å². The van der Waals surface area contributed by atoms with Crippen LogP contribution in [0.2, 0.25) is 5.02 Å². The number of nitrogens with zero attached hydrogens (tertiary/aromatic N) is 1. The highest BCUT2D eigenvalue weighted by atomic mass is 35.5. The Kier molecular flexibility index (Phi) is 5.56. The molecule has 0 aliphatic rings. The summed E-state index contributed by atoms with van der Waals surface area (Å²) in [6.07, 6.45) is -5.31. The van der Waals surface area contributed by atoms with Gasteiger partial charge in [-0.25, -0.2) is 21.9 Å². The second kappa shape index (κ2) is 6.60. The van der Waals surface area contributed by atoms with E-state index in [1.807, 2.05) is 0 Å². The molecule has 1 unspecified atom stereocenters. The number of nitro groups is 1. The number of hydrogen-bond acceptors (Lipinski definition) is 5. The Balaban J connectivity index is 3.12. The number of halogens is 3. The Labute approximate surface area is 123 Å². The molecular formula is C10H11ClF2N2O5S. The molecule has 1 aromatic rings. The van der Waals surface area contributed by atoms with Crippen LogP contribution in [0.3, 0.4) is 0 Å². The van der Waals surface area contributed by atoms with E-state index in [1.165, 1.54) is 6.92 Å². The molecule has 0 saturated carbocycles. The Hall–Kier alpha value is -1.36. The van der Waals surface area contributed by atoms with E-state index in [-0.39, 0.29) is 10.6 Å². The van der Waals surface area contributed by atoms with Crippen molar-refractivity contribution in [3.8, 4) is 0 Å². The third-order valence-corrected chi connectivity index (χ3v) is 4.37. The number of nitro benzene ring substituents is 1. The van der Waals surface area contributed by atoms with Crippen molar-refractivity contribution in [2.24, 2.45) is 0 Å². The van der Waals surface area contributed by atoms with Crippen LogP contribution in [0.25, 0.3) is 0 Å². The van der Waals surface area contributed by atoms with Crippen LogP contribution in [-0.2, 0) is 10.0 Å². The van der Waals surface area contributed by atoms with Gasteiger partial charge in [-0.3, -0.25) is 10.1 Å². The first-order valence-corrected chi connectivity index (χ1v) is 7.32. The first kappa shape index (κ1) is 17.7. The number of sulfonamides is 1. The van der Waals surface area contributed by atoms with E-state index >= 15 is 0 Å². The molecule has 11 heteroatoms. The molecule has 2 N–H and O–H groups in total. The maximum absolute atomic E-state index is 12.1. The summed E-state index contributed by atoms with van der Waals surface area (Å²) in [5.74, 6) is 0. The van der Waals surface area contributed by atoms with Crippen molar-refractivity contribution in [2.45, 2.75) is 24.3 Å². The van der Waals surface area contributed by atoms with Crippen molar-refractivity contribution in [3.05, 3.63) is 32.8 Å². The number of benzene rings is 1. The predicted octanol–water partition coefficient (Wildman–Crippen LogP) is 1.46. The molecule has 118 valence electrons. The summed E-state index contributed by atoms with van der Waals surface area (Å²) in [4.78, 5) is 9.44. The Morgan fingerprint density at radius 3 is 2.52 bits per heavy atom. The third kappa shape index (κ3) is 4.30. The second-order valence-electron chi connectivity index (χ2n) is 4.06. The molecule has 0 bridgehead atoms. The van der Waals surface area contributed by atoms with Gasteiger partial charge < -0.3 is 5.11 Å². The monoisotopic (exact) mass is 344 g/mol. The average molecular weight is 345 g/mol. The van der Waals surface area contributed by atoms with Crippen LogP contribution in [0, 0.1) is 17.0 Å². The molecule has 0 amide bonds. The summed E-state index contributed by atoms with van der Waals surface area (Å²) < 4.78 is 49.6. The lowest BCUT2D eigenvalue weighted by Crippen LogP contribution is -2.35. The van der Waals surface area contributed by atoms with Gasteiger partial charge in [-0.2, -0.15) is 0 Å². The van der Waals surface area contributed by atoms with E-state index in [9.17, 15) is 27.3 Å². The number of rotatable bonds is 6. The van der Waals surface area contributed by atoms with Gasteiger partial charge >= 0.3 is 0 Å². The van der Waals surface area contributed by atoms with E-state index in [1.54, 1.807) is 4.72 Å². The molecule has 0 aliphatic carbocycles. The fourth-order valence-electron chi connectivity index (χ4n) is 1.35. The smallest absolute Gasteiger partial charge is 0.275 e. The van der Waals surface area contributed by atoms with Crippen LogP contribution in [-0.4, -0.2) is 37.5 Å². The number of alkyl halides is 2. The Morgan fingerprint density at radius 2 is 2.05 bits per heavy atom. The van der Waals surface area contributed by atoms with Gasteiger partial charge in [0, 0.05) is 18.2 Å². The molecule has 0 aromatic heterocycles. The zero-order valence-corrected chi connectivity index (χ0v) is 12.2. The fourth-order valence-corrected chi connectivity index (χ4v) is 2.73. The quantitative estimate of drug-likeness (QED) is 0.599. The summed E-state index contributed by atoms with van der Waals surface area (Å²) in [6.45, 7) is 0.407. The van der Waals surface area contributed by atoms with Gasteiger partial charge in [-0.05, 0) is 13.0 Å². The highest BCUT2D eigenvalue weighted by Crippen LogP contribution is 2.29. The molecule has 0 aliphatic heterocycles. The maximum atomic E-state index is 12.1. The minimum atomic E-state index is -4.32. The highest BCUT2D eigenvalue weighted by Gasteiger charge is 2.24. The molecule has 1 atom stereocenters. The lowest BCUT2D eigenvalue weighted by Gasteiger charge is -2.12. The summed E-state index contributed by atoms with van der Waals surface area (Å²) in [6, 6.07) is 1.72. The molecule has 7 nitrogen and oxygen atoms in total. The van der Waals surface area contributed by atoms with Gasteiger partial charge in [0.05, 0.1) is 14.8 Å². The van der Waals surface area contributed by atoms with Crippen LogP contribution >= 0.6 is 11.6 Å². The van der Waals surface area contributed by atoms with Crippen LogP contribution < -0.4 is 4.72 Å². The van der Waals surface area contributed by atoms with Crippen molar-refractivity contribution >= 4 is 27.3 Å². The number of aliphatic hydroxyl groups excluding tert-OH is 1. The fraction of sp³-hybridized carbons (Fsp3) is 0.400. The molecule has 0 radical (unpaired) electrons. The van der Waals surface area contributed by atoms with Crippen molar-refractivity contribution in [1.29, 1.82) is 0 Å². The molecule has 0 fully saturated rings. The normalized spacial score (nSPS) is 13.4. The molecule has 0 spiro atoms. The van der Waals surface area contributed by atoms with E-state index in [0.717, 1.165) is 12.1 Å². The predicted molar refractivity (Wildman–Crippen MR) is 70.0 cm³/mol. The Bertz CT molecular complexity index is 653. The summed E-state index contributed by atoms with van der Waals surface area (Å²) in [7, 11) is -4.32. The van der Waals surface area contributed by atoms with Crippen molar-refractivity contribution in [3.63, 3.8) is 0 Å². The number of aliphatic hydroxyl groups is 1. The van der Waals surface area contributed by atoms with Gasteiger partial charge in [0.15, 0.2) is 0 Å². The van der Waals surface area contributed by atoms with E-state index in [4.69, 9.17) is 16.7 Å². The first-order valence-electron chi connectivity index (χ1n) is 5.46. The molecule has 21 heavy (non-hydrogen) atoms. The van der Waals surface area contributed by atoms with E-state index in [2.05, 4.69) is 0 Å². The topological polar surface area (TPSA) is 110 Å². The molecule has 1 rings (SSSR count). The minimum Gasteiger partial charge on any atom is -0.386 e. The van der Waals surface area contributed by atoms with Gasteiger partial charge in [0.25, 0.3) is 12.1 Å². The van der Waals surface area contributed by atoms with Gasteiger partial charge in [0.1, 0.15) is 6.10 Å². The number of hydrogen-bond donors (Lipinski definition) is 2. The van der Waals surface area contributed by atoms with Crippen molar-refractivity contribution in [2.75, 3.05) is 6.54 Å². The molecule has 0 heterocycles. The van der Waals surface area contributed by atoms with Crippen LogP contribution in [0.4, 0.5) is 14.5 Å². The maximum Gasteiger partial charge on any atom is 0.275 e. The number of nitrogens with one attached hydrogen (secondary N) is 1. The summed E-state index contributed by atoms with van der Waals surface area (Å²) in [5.41, 5.74) is -0.439. The second-order valence-corrected chi connectivity index (χ2v) is 6.23. The SMILES string of the molecule is Cc1c(Cl)cc(S(=O)(=O)NCC(O)C(F)F)cc1[N+](=O)[O-]. The van der Waals surface area contributed by atoms with Crippen LogP contribution in [0.5, 0.6) is 0 Å². The molecular weight excluding hydrogens is 334 g/mol. The molecule has 1 aromatic carbocycles. The summed E-state index contributed by atoms with van der Waals surface area (Å²) >= 11 is 5.72. The van der Waals surface area contributed by atoms with E-state index in [0.29, 0.717) is 0 Å². The minimum absolute atomic E-state index is 0.0771. The Morgan fingerprint density at radius 1 is 1.48 bits per heavy atom. The van der Waals surface area contributed by atoms with Gasteiger partial charge in [-0.1, -0.05) is 11.6 Å². The van der Waals surface area contributed by atoms with Gasteiger partial charge in [-0.15, -0.1) is 0 Å². The lowest BCUT2D eigenvalue weighted by molar-refractivity contribution is -0.385. The van der Waals surface area contributed by atoms with Crippen LogP contribution in [0.1, 0.15) is 5.56 Å². The lowest BCUT2D eigenvalue weighted by atomic mass is 10.2. The highest BCUT2D eigenvalue weighted by molar-refractivity contribution is 7.89. The molecule has 0 saturated heterocycles. The van der Waals surface area contributed by atoms with Crippen LogP contribution in [0.15, 0.2) is 17.0 Å². The third-order valence-electron chi connectivity index (χ3n) is 2.57. The zero-order chi connectivity index (χ0) is 16.4. The zero-order valence-electron chi connectivity index (χ0n) is 10.6. The first-order chi connectivity index (χ1) is 9.56. The van der Waals surface area contributed by atoms with E-state index < -0.39 is 44.6 Å². The summed E-state index contributed by atoms with van der Waals surface area (Å²) in [5, 5.41) is 19.5.